The number of rotatable bonds is 13. The predicted octanol–water partition coefficient (Wildman–Crippen LogP) is 6.85. The molecule has 1 N–H and O–H groups in total. The molecule has 0 unspecified atom stereocenters. The van der Waals surface area contributed by atoms with Crippen molar-refractivity contribution in [1.29, 1.82) is 0 Å². The number of amides is 1. The highest BCUT2D eigenvalue weighted by atomic mass is 19.1. The highest BCUT2D eigenvalue weighted by molar-refractivity contribution is 5.88. The zero-order chi connectivity index (χ0) is 36.6. The largest absolute Gasteiger partial charge is 0.493 e. The van der Waals surface area contributed by atoms with Crippen LogP contribution in [0.25, 0.3) is 16.6 Å². The number of pyridine rings is 1. The fourth-order valence-corrected chi connectivity index (χ4v) is 5.29. The van der Waals surface area contributed by atoms with E-state index in [1.165, 1.54) is 49.2 Å². The van der Waals surface area contributed by atoms with Crippen LogP contribution in [0.15, 0.2) is 113 Å². The summed E-state index contributed by atoms with van der Waals surface area (Å²) < 4.78 is 58.5. The minimum atomic E-state index is -1.13. The van der Waals surface area contributed by atoms with Gasteiger partial charge in [0.05, 0.1) is 38.2 Å². The second-order valence-corrected chi connectivity index (χ2v) is 11.3. The Labute approximate surface area is 295 Å². The number of nitrogens with zero attached hydrogens (tertiary/aromatic N) is 3. The zero-order valence-corrected chi connectivity index (χ0v) is 28.0. The lowest BCUT2D eigenvalue weighted by atomic mass is 10.2. The molecular formula is C38H32F2N4O8. The van der Waals surface area contributed by atoms with Crippen LogP contribution in [-0.4, -0.2) is 41.0 Å². The Morgan fingerprint density at radius 2 is 1.58 bits per heavy atom. The van der Waals surface area contributed by atoms with Crippen LogP contribution < -0.4 is 35.5 Å². The first-order chi connectivity index (χ1) is 25.2. The topological polar surface area (TPSA) is 132 Å². The van der Waals surface area contributed by atoms with Crippen molar-refractivity contribution in [3.05, 3.63) is 141 Å². The number of carbonyl (C=O) groups is 1. The first-order valence-electron chi connectivity index (χ1n) is 15.9. The van der Waals surface area contributed by atoms with Gasteiger partial charge in [-0.3, -0.25) is 19.7 Å². The van der Waals surface area contributed by atoms with Gasteiger partial charge in [0, 0.05) is 42.6 Å². The Hall–Kier alpha value is -6.54. The highest BCUT2D eigenvalue weighted by Gasteiger charge is 2.19. The molecule has 266 valence electrons. The van der Waals surface area contributed by atoms with Crippen molar-refractivity contribution in [2.24, 2.45) is 0 Å². The first kappa shape index (κ1) is 35.3. The summed E-state index contributed by atoms with van der Waals surface area (Å²) in [5, 5.41) is 2.92. The Morgan fingerprint density at radius 3 is 2.31 bits per heavy atom. The van der Waals surface area contributed by atoms with Gasteiger partial charge in [-0.25, -0.2) is 22.9 Å². The standard InChI is InChI=1S/C38H32F2N4O8/c1-48-33-20-28-30(21-34(33)49-2)41-16-15-31(28)51-32-14-11-26(19-29(32)40)42-37(46)52-35-22-43(17-6-18-50-23-24-7-4-3-5-8-24)38(47)44(36(35)45)27-12-9-25(39)10-13-27/h3-5,7-16,19-22H,6,17-18,23H2,1-2H3,(H,42,46). The molecule has 52 heavy (non-hydrogen) atoms. The molecule has 0 fully saturated rings. The molecule has 0 saturated carbocycles. The second kappa shape index (κ2) is 16.0. The van der Waals surface area contributed by atoms with Gasteiger partial charge in [-0.15, -0.1) is 0 Å². The Balaban J connectivity index is 1.18. The van der Waals surface area contributed by atoms with Crippen molar-refractivity contribution < 1.29 is 37.3 Å². The SMILES string of the molecule is COc1cc2nccc(Oc3ccc(NC(=O)Oc4cn(CCCOCc5ccccc5)c(=O)n(-c5ccc(F)cc5)c4=O)cc3F)c2cc1OC. The van der Waals surface area contributed by atoms with Crippen LogP contribution in [0.3, 0.4) is 0 Å². The van der Waals surface area contributed by atoms with Crippen molar-refractivity contribution in [1.82, 2.24) is 14.1 Å². The third-order valence-electron chi connectivity index (χ3n) is 7.82. The van der Waals surface area contributed by atoms with Crippen LogP contribution in [0, 0.1) is 11.6 Å². The van der Waals surface area contributed by atoms with E-state index in [4.69, 9.17) is 23.7 Å². The Bertz CT molecular complexity index is 2330. The highest BCUT2D eigenvalue weighted by Crippen LogP contribution is 2.37. The molecule has 0 atom stereocenters. The number of anilines is 1. The lowest BCUT2D eigenvalue weighted by Gasteiger charge is -2.14. The second-order valence-electron chi connectivity index (χ2n) is 11.3. The molecular weight excluding hydrogens is 678 g/mol. The molecule has 6 rings (SSSR count). The number of hydrogen-bond donors (Lipinski definition) is 1. The van der Waals surface area contributed by atoms with Gasteiger partial charge in [0.1, 0.15) is 11.6 Å². The van der Waals surface area contributed by atoms with Gasteiger partial charge < -0.3 is 23.7 Å². The van der Waals surface area contributed by atoms with Crippen LogP contribution in [0.4, 0.5) is 19.3 Å². The average Bonchev–Trinajstić information content (AvgIpc) is 3.15. The minimum Gasteiger partial charge on any atom is -0.493 e. The van der Waals surface area contributed by atoms with Gasteiger partial charge in [0.2, 0.25) is 5.75 Å². The molecule has 0 radical (unpaired) electrons. The molecule has 2 heterocycles. The van der Waals surface area contributed by atoms with E-state index in [0.717, 1.165) is 34.5 Å². The number of hydrogen-bond acceptors (Lipinski definition) is 9. The van der Waals surface area contributed by atoms with E-state index in [1.807, 2.05) is 30.3 Å². The quantitative estimate of drug-likeness (QED) is 0.128. The summed E-state index contributed by atoms with van der Waals surface area (Å²) in [6.45, 7) is 0.769. The maximum Gasteiger partial charge on any atom is 0.417 e. The van der Waals surface area contributed by atoms with Crippen molar-refractivity contribution in [2.45, 2.75) is 19.6 Å². The van der Waals surface area contributed by atoms with Crippen LogP contribution in [0.2, 0.25) is 0 Å². The molecule has 0 aliphatic heterocycles. The lowest BCUT2D eigenvalue weighted by molar-refractivity contribution is 0.115. The predicted molar refractivity (Wildman–Crippen MR) is 188 cm³/mol. The van der Waals surface area contributed by atoms with Gasteiger partial charge in [0.15, 0.2) is 23.1 Å². The number of carbonyl (C=O) groups excluding carboxylic acids is 1. The number of aryl methyl sites for hydroxylation is 1. The fourth-order valence-electron chi connectivity index (χ4n) is 5.29. The zero-order valence-electron chi connectivity index (χ0n) is 28.0. The van der Waals surface area contributed by atoms with Gasteiger partial charge >= 0.3 is 17.3 Å². The summed E-state index contributed by atoms with van der Waals surface area (Å²) >= 11 is 0. The lowest BCUT2D eigenvalue weighted by Crippen LogP contribution is -2.40. The normalized spacial score (nSPS) is 10.9. The van der Waals surface area contributed by atoms with Crippen molar-refractivity contribution >= 4 is 22.7 Å². The van der Waals surface area contributed by atoms with E-state index < -0.39 is 34.7 Å². The van der Waals surface area contributed by atoms with E-state index in [1.54, 1.807) is 18.2 Å². The maximum atomic E-state index is 15.3. The summed E-state index contributed by atoms with van der Waals surface area (Å²) in [4.78, 5) is 44.1. The molecule has 0 aliphatic rings. The Kier molecular flexibility index (Phi) is 10.9. The molecule has 2 aromatic heterocycles. The number of halogens is 2. The number of fused-ring (bicyclic) bond motifs is 1. The number of ether oxygens (including phenoxy) is 5. The van der Waals surface area contributed by atoms with E-state index in [9.17, 15) is 18.8 Å². The van der Waals surface area contributed by atoms with Crippen LogP contribution in [0.5, 0.6) is 28.7 Å². The number of methoxy groups -OCH3 is 2. The van der Waals surface area contributed by atoms with Gasteiger partial charge in [-0.2, -0.15) is 0 Å². The molecule has 4 aromatic carbocycles. The molecule has 0 spiro atoms. The fraction of sp³-hybridized carbons (Fsp3) is 0.158. The summed E-state index contributed by atoms with van der Waals surface area (Å²) in [5.41, 5.74) is -0.130. The summed E-state index contributed by atoms with van der Waals surface area (Å²) in [6.07, 6.45) is 1.86. The van der Waals surface area contributed by atoms with Crippen LogP contribution in [-0.2, 0) is 17.9 Å². The smallest absolute Gasteiger partial charge is 0.417 e. The number of benzene rings is 4. The molecule has 12 nitrogen and oxygen atoms in total. The third kappa shape index (κ3) is 8.08. The maximum absolute atomic E-state index is 15.3. The van der Waals surface area contributed by atoms with E-state index in [-0.39, 0.29) is 23.7 Å². The summed E-state index contributed by atoms with van der Waals surface area (Å²) in [5.74, 6) is -0.847. The first-order valence-corrected chi connectivity index (χ1v) is 15.9. The van der Waals surface area contributed by atoms with Crippen molar-refractivity contribution in [2.75, 3.05) is 26.1 Å². The monoisotopic (exact) mass is 710 g/mol. The average molecular weight is 711 g/mol. The summed E-state index contributed by atoms with van der Waals surface area (Å²) in [6, 6.07) is 22.8. The molecule has 0 bridgehead atoms. The third-order valence-corrected chi connectivity index (χ3v) is 7.82. The van der Waals surface area contributed by atoms with Gasteiger partial charge in [0.25, 0.3) is 0 Å². The van der Waals surface area contributed by atoms with Gasteiger partial charge in [-0.1, -0.05) is 30.3 Å². The van der Waals surface area contributed by atoms with E-state index in [2.05, 4.69) is 10.3 Å². The van der Waals surface area contributed by atoms with Crippen molar-refractivity contribution in [3.63, 3.8) is 0 Å². The number of aromatic nitrogens is 3. The molecule has 6 aromatic rings. The van der Waals surface area contributed by atoms with E-state index >= 15 is 4.39 Å². The summed E-state index contributed by atoms with van der Waals surface area (Å²) in [7, 11) is 2.98. The van der Waals surface area contributed by atoms with Gasteiger partial charge in [-0.05, 0) is 60.5 Å². The number of nitrogens with one attached hydrogen (secondary N) is 1. The molecule has 0 aliphatic carbocycles. The Morgan fingerprint density at radius 1 is 0.827 bits per heavy atom. The van der Waals surface area contributed by atoms with Crippen LogP contribution >= 0.6 is 0 Å². The molecule has 1 amide bonds. The minimum absolute atomic E-state index is 0.0106. The van der Waals surface area contributed by atoms with E-state index in [0.29, 0.717) is 47.8 Å². The van der Waals surface area contributed by atoms with Crippen LogP contribution in [0.1, 0.15) is 12.0 Å². The van der Waals surface area contributed by atoms with Crippen molar-refractivity contribution in [3.8, 4) is 34.4 Å². The molecule has 14 heteroatoms. The molecule has 0 saturated heterocycles.